The molecule has 4 rings (SSSR count). The molecule has 2 aromatic carbocycles. The predicted molar refractivity (Wildman–Crippen MR) is 109 cm³/mol. The number of anilines is 1. The summed E-state index contributed by atoms with van der Waals surface area (Å²) < 4.78 is 11.6. The molecule has 28 heavy (non-hydrogen) atoms. The van der Waals surface area contributed by atoms with Crippen molar-refractivity contribution < 1.29 is 19.2 Å². The fraction of sp³-hybridized carbons (Fsp3) is 0.435. The first-order valence-electron chi connectivity index (χ1n) is 10.4. The van der Waals surface area contributed by atoms with Gasteiger partial charge in [0.15, 0.2) is 18.0 Å². The molecule has 148 valence electrons. The van der Waals surface area contributed by atoms with Crippen molar-refractivity contribution >= 4 is 11.6 Å². The lowest BCUT2D eigenvalue weighted by molar-refractivity contribution is -0.910. The number of ether oxygens (including phenoxy) is 2. The number of hydrogen-bond donors (Lipinski definition) is 2. The summed E-state index contributed by atoms with van der Waals surface area (Å²) in [4.78, 5) is 13.9. The van der Waals surface area contributed by atoms with Crippen molar-refractivity contribution in [1.82, 2.24) is 0 Å². The normalized spacial score (nSPS) is 21.2. The van der Waals surface area contributed by atoms with Crippen molar-refractivity contribution in [2.75, 3.05) is 31.6 Å². The molecule has 0 spiro atoms. The Morgan fingerprint density at radius 3 is 2.64 bits per heavy atom. The van der Waals surface area contributed by atoms with Crippen LogP contribution in [0.4, 0.5) is 5.69 Å². The van der Waals surface area contributed by atoms with Gasteiger partial charge in [-0.05, 0) is 42.3 Å². The minimum atomic E-state index is 0.0699. The highest BCUT2D eigenvalue weighted by atomic mass is 16.5. The number of benzene rings is 2. The van der Waals surface area contributed by atoms with Crippen LogP contribution in [0.1, 0.15) is 43.4 Å². The summed E-state index contributed by atoms with van der Waals surface area (Å²) in [5.74, 6) is 1.73. The SMILES string of the molecule is CCc1ccc(NC(=O)C[NH+]2CCC[C@@H]2c2ccc3c(c2)OCCCO3)cc1. The third kappa shape index (κ3) is 4.30. The first-order valence-corrected chi connectivity index (χ1v) is 10.4. The molecule has 0 aromatic heterocycles. The number of hydrogen-bond acceptors (Lipinski definition) is 3. The predicted octanol–water partition coefficient (Wildman–Crippen LogP) is 2.77. The molecule has 5 nitrogen and oxygen atoms in total. The summed E-state index contributed by atoms with van der Waals surface area (Å²) in [6.45, 7) is 5.02. The van der Waals surface area contributed by atoms with Gasteiger partial charge in [-0.25, -0.2) is 0 Å². The molecule has 1 saturated heterocycles. The molecule has 1 fully saturated rings. The van der Waals surface area contributed by atoms with E-state index in [2.05, 4.69) is 36.5 Å². The maximum Gasteiger partial charge on any atom is 0.279 e. The van der Waals surface area contributed by atoms with E-state index in [1.54, 1.807) is 0 Å². The van der Waals surface area contributed by atoms with Crippen LogP contribution in [-0.4, -0.2) is 32.2 Å². The number of carbonyl (C=O) groups excluding carboxylic acids is 1. The van der Waals surface area contributed by atoms with Crippen molar-refractivity contribution in [3.8, 4) is 11.5 Å². The van der Waals surface area contributed by atoms with E-state index < -0.39 is 0 Å². The Morgan fingerprint density at radius 2 is 1.86 bits per heavy atom. The molecule has 1 amide bonds. The number of amides is 1. The zero-order valence-electron chi connectivity index (χ0n) is 16.5. The summed E-state index contributed by atoms with van der Waals surface area (Å²) in [7, 11) is 0. The number of rotatable bonds is 5. The lowest BCUT2D eigenvalue weighted by Gasteiger charge is -2.22. The molecule has 0 bridgehead atoms. The monoisotopic (exact) mass is 381 g/mol. The van der Waals surface area contributed by atoms with Crippen LogP contribution in [0, 0.1) is 0 Å². The van der Waals surface area contributed by atoms with Crippen LogP contribution in [0.5, 0.6) is 11.5 Å². The molecule has 0 radical (unpaired) electrons. The minimum absolute atomic E-state index is 0.0699. The number of quaternary nitrogens is 1. The zero-order valence-corrected chi connectivity index (χ0v) is 16.5. The fourth-order valence-corrected chi connectivity index (χ4v) is 4.16. The number of aryl methyl sites for hydroxylation is 1. The van der Waals surface area contributed by atoms with Crippen LogP contribution in [0.2, 0.25) is 0 Å². The van der Waals surface area contributed by atoms with E-state index in [1.165, 1.54) is 16.0 Å². The molecular formula is C23H29N2O3+. The number of nitrogens with one attached hydrogen (secondary N) is 2. The Bertz CT molecular complexity index is 819. The highest BCUT2D eigenvalue weighted by molar-refractivity contribution is 5.91. The van der Waals surface area contributed by atoms with Crippen molar-refractivity contribution in [1.29, 1.82) is 0 Å². The summed E-state index contributed by atoms with van der Waals surface area (Å²) in [6.07, 6.45) is 4.13. The van der Waals surface area contributed by atoms with Gasteiger partial charge in [0, 0.05) is 30.5 Å². The number of fused-ring (bicyclic) bond motifs is 1. The van der Waals surface area contributed by atoms with Crippen molar-refractivity contribution in [2.45, 2.75) is 38.6 Å². The zero-order chi connectivity index (χ0) is 19.3. The lowest BCUT2D eigenvalue weighted by atomic mass is 10.0. The van der Waals surface area contributed by atoms with Crippen molar-refractivity contribution in [2.24, 2.45) is 0 Å². The van der Waals surface area contributed by atoms with Gasteiger partial charge in [0.1, 0.15) is 6.04 Å². The topological polar surface area (TPSA) is 52.0 Å². The Kier molecular flexibility index (Phi) is 5.81. The van der Waals surface area contributed by atoms with Crippen LogP contribution >= 0.6 is 0 Å². The van der Waals surface area contributed by atoms with Gasteiger partial charge in [-0.15, -0.1) is 0 Å². The van der Waals surface area contributed by atoms with Gasteiger partial charge in [-0.3, -0.25) is 4.79 Å². The van der Waals surface area contributed by atoms with Gasteiger partial charge in [-0.2, -0.15) is 0 Å². The third-order valence-electron chi connectivity index (χ3n) is 5.69. The standard InChI is InChI=1S/C23H28N2O3/c1-2-17-6-9-19(10-7-17)24-23(26)16-25-12-3-5-20(25)18-8-11-21-22(15-18)28-14-4-13-27-21/h6-11,15,20H,2-5,12-14,16H2,1H3,(H,24,26)/p+1/t20-/m1/s1. The van der Waals surface area contributed by atoms with E-state index in [4.69, 9.17) is 9.47 Å². The maximum absolute atomic E-state index is 12.6. The average Bonchev–Trinajstić information content (AvgIpc) is 3.03. The maximum atomic E-state index is 12.6. The molecule has 2 aliphatic heterocycles. The van der Waals surface area contributed by atoms with Crippen LogP contribution < -0.4 is 19.7 Å². The highest BCUT2D eigenvalue weighted by Gasteiger charge is 2.32. The second kappa shape index (κ2) is 8.65. The number of carbonyl (C=O) groups is 1. The second-order valence-electron chi connectivity index (χ2n) is 7.64. The molecule has 2 heterocycles. The molecule has 2 aromatic rings. The van der Waals surface area contributed by atoms with Crippen LogP contribution in [0.3, 0.4) is 0 Å². The van der Waals surface area contributed by atoms with Crippen molar-refractivity contribution in [3.05, 3.63) is 53.6 Å². The van der Waals surface area contributed by atoms with E-state index in [0.717, 1.165) is 49.4 Å². The average molecular weight is 381 g/mol. The van der Waals surface area contributed by atoms with E-state index in [1.807, 2.05) is 18.2 Å². The quantitative estimate of drug-likeness (QED) is 0.837. The van der Waals surface area contributed by atoms with Crippen LogP contribution in [-0.2, 0) is 11.2 Å². The van der Waals surface area contributed by atoms with Crippen LogP contribution in [0.15, 0.2) is 42.5 Å². The minimum Gasteiger partial charge on any atom is -0.490 e. The van der Waals surface area contributed by atoms with Gasteiger partial charge in [0.25, 0.3) is 5.91 Å². The molecule has 5 heteroatoms. The van der Waals surface area contributed by atoms with Gasteiger partial charge >= 0.3 is 0 Å². The van der Waals surface area contributed by atoms with Crippen molar-refractivity contribution in [3.63, 3.8) is 0 Å². The first kappa shape index (κ1) is 18.8. The van der Waals surface area contributed by atoms with E-state index in [-0.39, 0.29) is 5.91 Å². The van der Waals surface area contributed by atoms with Gasteiger partial charge in [0.2, 0.25) is 0 Å². The summed E-state index contributed by atoms with van der Waals surface area (Å²) in [6, 6.07) is 14.7. The largest absolute Gasteiger partial charge is 0.490 e. The Morgan fingerprint density at radius 1 is 1.07 bits per heavy atom. The van der Waals surface area contributed by atoms with Gasteiger partial charge < -0.3 is 19.7 Å². The Hall–Kier alpha value is -2.53. The third-order valence-corrected chi connectivity index (χ3v) is 5.69. The van der Waals surface area contributed by atoms with E-state index in [0.29, 0.717) is 25.8 Å². The summed E-state index contributed by atoms with van der Waals surface area (Å²) in [5.41, 5.74) is 3.38. The Labute approximate surface area is 166 Å². The van der Waals surface area contributed by atoms with Crippen LogP contribution in [0.25, 0.3) is 0 Å². The molecule has 0 saturated carbocycles. The Balaban J connectivity index is 1.41. The first-order chi connectivity index (χ1) is 13.7. The second-order valence-corrected chi connectivity index (χ2v) is 7.64. The smallest absolute Gasteiger partial charge is 0.279 e. The molecule has 0 aliphatic carbocycles. The van der Waals surface area contributed by atoms with E-state index in [9.17, 15) is 4.79 Å². The highest BCUT2D eigenvalue weighted by Crippen LogP contribution is 2.33. The fourth-order valence-electron chi connectivity index (χ4n) is 4.16. The number of likely N-dealkylation sites (tertiary alicyclic amines) is 1. The molecule has 2 N–H and O–H groups in total. The molecular weight excluding hydrogens is 352 g/mol. The summed E-state index contributed by atoms with van der Waals surface area (Å²) >= 11 is 0. The molecule has 2 atom stereocenters. The molecule has 1 unspecified atom stereocenters. The van der Waals surface area contributed by atoms with Gasteiger partial charge in [-0.1, -0.05) is 19.1 Å². The summed E-state index contributed by atoms with van der Waals surface area (Å²) in [5, 5.41) is 3.05. The van der Waals surface area contributed by atoms with Gasteiger partial charge in [0.05, 0.1) is 19.8 Å². The van der Waals surface area contributed by atoms with E-state index >= 15 is 0 Å². The lowest BCUT2D eigenvalue weighted by Crippen LogP contribution is -3.11. The molecule has 2 aliphatic rings.